The molecule has 0 saturated heterocycles. The van der Waals surface area contributed by atoms with Crippen molar-refractivity contribution in [2.45, 2.75) is 25.7 Å². The molecule has 0 atom stereocenters. The molecule has 1 amide bonds. The molecule has 1 aromatic heterocycles. The normalized spacial score (nSPS) is 15.5. The fraction of sp³-hybridized carbons (Fsp3) is 0.438. The van der Waals surface area contributed by atoms with Gasteiger partial charge in [0.1, 0.15) is 10.6 Å². The van der Waals surface area contributed by atoms with Crippen LogP contribution in [0, 0.1) is 5.92 Å². The number of amides is 1. The van der Waals surface area contributed by atoms with Gasteiger partial charge in [0.2, 0.25) is 0 Å². The van der Waals surface area contributed by atoms with E-state index in [2.05, 4.69) is 5.32 Å². The average Bonchev–Trinajstić information content (AvgIpc) is 3.12. The number of nitrogen functional groups attached to an aromatic ring is 1. The Balaban J connectivity index is 1.78. The fourth-order valence-corrected chi connectivity index (χ4v) is 3.99. The van der Waals surface area contributed by atoms with E-state index in [1.54, 1.807) is 7.11 Å². The van der Waals surface area contributed by atoms with Gasteiger partial charge in [-0.3, -0.25) is 4.79 Å². The third kappa shape index (κ3) is 2.83. The number of methoxy groups -OCH3 is 1. The number of carbonyl (C=O) groups excluding carboxylic acids is 1. The predicted octanol–water partition coefficient (Wildman–Crippen LogP) is 3.41. The molecule has 3 N–H and O–H groups in total. The molecule has 5 heteroatoms. The maximum atomic E-state index is 12.3. The van der Waals surface area contributed by atoms with Crippen molar-refractivity contribution in [3.8, 4) is 5.75 Å². The van der Waals surface area contributed by atoms with Crippen LogP contribution in [0.2, 0.25) is 0 Å². The molecule has 21 heavy (non-hydrogen) atoms. The lowest BCUT2D eigenvalue weighted by molar-refractivity contribution is 0.0952. The highest BCUT2D eigenvalue weighted by Gasteiger charge is 2.19. The van der Waals surface area contributed by atoms with Crippen molar-refractivity contribution in [2.24, 2.45) is 5.92 Å². The monoisotopic (exact) mass is 304 g/mol. The molecular weight excluding hydrogens is 284 g/mol. The topological polar surface area (TPSA) is 64.3 Å². The number of anilines is 1. The summed E-state index contributed by atoms with van der Waals surface area (Å²) in [4.78, 5) is 12.9. The van der Waals surface area contributed by atoms with E-state index in [9.17, 15) is 4.79 Å². The van der Waals surface area contributed by atoms with Crippen molar-refractivity contribution < 1.29 is 9.53 Å². The van der Waals surface area contributed by atoms with Crippen LogP contribution in [0.5, 0.6) is 5.75 Å². The van der Waals surface area contributed by atoms with E-state index < -0.39 is 0 Å². The van der Waals surface area contributed by atoms with Crippen molar-refractivity contribution in [3.63, 3.8) is 0 Å². The highest BCUT2D eigenvalue weighted by atomic mass is 32.1. The maximum absolute atomic E-state index is 12.3. The van der Waals surface area contributed by atoms with Crippen molar-refractivity contribution in [1.82, 2.24) is 5.32 Å². The summed E-state index contributed by atoms with van der Waals surface area (Å²) in [7, 11) is 1.63. The molecule has 1 aliphatic carbocycles. The first-order chi connectivity index (χ1) is 10.2. The smallest absolute Gasteiger partial charge is 0.263 e. The van der Waals surface area contributed by atoms with E-state index in [4.69, 9.17) is 10.5 Å². The number of rotatable bonds is 4. The van der Waals surface area contributed by atoms with Gasteiger partial charge in [-0.1, -0.05) is 12.8 Å². The molecule has 0 bridgehead atoms. The number of carbonyl (C=O) groups is 1. The van der Waals surface area contributed by atoms with Crippen molar-refractivity contribution in [3.05, 3.63) is 23.1 Å². The molecular formula is C16H20N2O2S. The summed E-state index contributed by atoms with van der Waals surface area (Å²) in [6, 6.07) is 5.70. The molecule has 2 aromatic rings. The second-order valence-corrected chi connectivity index (χ2v) is 6.62. The molecule has 112 valence electrons. The van der Waals surface area contributed by atoms with Gasteiger partial charge in [-0.15, -0.1) is 11.3 Å². The maximum Gasteiger partial charge on any atom is 0.263 e. The van der Waals surface area contributed by atoms with Gasteiger partial charge in [0.05, 0.1) is 12.8 Å². The molecule has 1 aromatic carbocycles. The summed E-state index contributed by atoms with van der Waals surface area (Å²) >= 11 is 1.43. The number of nitrogens with one attached hydrogen (secondary N) is 1. The second kappa shape index (κ2) is 5.93. The number of nitrogens with two attached hydrogens (primary N) is 1. The first-order valence-electron chi connectivity index (χ1n) is 7.33. The van der Waals surface area contributed by atoms with Crippen LogP contribution in [0.15, 0.2) is 18.2 Å². The molecule has 1 heterocycles. The van der Waals surface area contributed by atoms with Crippen LogP contribution in [0.4, 0.5) is 5.69 Å². The lowest BCUT2D eigenvalue weighted by atomic mass is 10.1. The molecule has 4 nitrogen and oxygen atoms in total. The molecule has 0 spiro atoms. The van der Waals surface area contributed by atoms with Gasteiger partial charge in [0, 0.05) is 16.6 Å². The Morgan fingerprint density at radius 3 is 2.90 bits per heavy atom. The van der Waals surface area contributed by atoms with E-state index in [1.165, 1.54) is 37.0 Å². The van der Waals surface area contributed by atoms with Gasteiger partial charge in [-0.25, -0.2) is 0 Å². The number of thiophene rings is 1. The minimum absolute atomic E-state index is 0.0560. The first kappa shape index (κ1) is 14.2. The highest BCUT2D eigenvalue weighted by Crippen LogP contribution is 2.35. The van der Waals surface area contributed by atoms with Crippen LogP contribution in [0.3, 0.4) is 0 Å². The van der Waals surface area contributed by atoms with Gasteiger partial charge >= 0.3 is 0 Å². The largest absolute Gasteiger partial charge is 0.497 e. The first-order valence-corrected chi connectivity index (χ1v) is 8.15. The van der Waals surface area contributed by atoms with Crippen LogP contribution in [-0.2, 0) is 0 Å². The van der Waals surface area contributed by atoms with Gasteiger partial charge < -0.3 is 15.8 Å². The van der Waals surface area contributed by atoms with E-state index >= 15 is 0 Å². The van der Waals surface area contributed by atoms with E-state index in [0.717, 1.165) is 22.4 Å². The van der Waals surface area contributed by atoms with E-state index in [0.29, 0.717) is 16.5 Å². The predicted molar refractivity (Wildman–Crippen MR) is 87.1 cm³/mol. The lowest BCUT2D eigenvalue weighted by Crippen LogP contribution is -2.28. The summed E-state index contributed by atoms with van der Waals surface area (Å²) in [5.41, 5.74) is 6.69. The lowest BCUT2D eigenvalue weighted by Gasteiger charge is -2.09. The zero-order valence-electron chi connectivity index (χ0n) is 12.1. The van der Waals surface area contributed by atoms with E-state index in [1.807, 2.05) is 18.2 Å². The Hall–Kier alpha value is -1.75. The molecule has 1 aliphatic rings. The zero-order chi connectivity index (χ0) is 14.8. The highest BCUT2D eigenvalue weighted by molar-refractivity contribution is 7.21. The third-order valence-corrected chi connectivity index (χ3v) is 5.33. The molecule has 0 aliphatic heterocycles. The van der Waals surface area contributed by atoms with Crippen molar-refractivity contribution in [1.29, 1.82) is 0 Å². The minimum Gasteiger partial charge on any atom is -0.497 e. The minimum atomic E-state index is -0.0560. The van der Waals surface area contributed by atoms with Crippen LogP contribution in [0.1, 0.15) is 35.4 Å². The van der Waals surface area contributed by atoms with Crippen LogP contribution in [-0.4, -0.2) is 19.6 Å². The Morgan fingerprint density at radius 2 is 2.19 bits per heavy atom. The number of hydrogen-bond acceptors (Lipinski definition) is 4. The summed E-state index contributed by atoms with van der Waals surface area (Å²) in [6.07, 6.45) is 5.01. The van der Waals surface area contributed by atoms with Crippen LogP contribution < -0.4 is 15.8 Å². The average molecular weight is 304 g/mol. The van der Waals surface area contributed by atoms with Gasteiger partial charge in [0.25, 0.3) is 5.91 Å². The van der Waals surface area contributed by atoms with Crippen molar-refractivity contribution >= 4 is 33.0 Å². The van der Waals surface area contributed by atoms with Gasteiger partial charge in [0.15, 0.2) is 0 Å². The van der Waals surface area contributed by atoms with Gasteiger partial charge in [-0.05, 0) is 37.0 Å². The number of benzene rings is 1. The zero-order valence-corrected chi connectivity index (χ0v) is 13.0. The van der Waals surface area contributed by atoms with Crippen molar-refractivity contribution in [2.75, 3.05) is 19.4 Å². The third-order valence-electron chi connectivity index (χ3n) is 4.17. The summed E-state index contributed by atoms with van der Waals surface area (Å²) in [6.45, 7) is 0.760. The van der Waals surface area contributed by atoms with Crippen LogP contribution in [0.25, 0.3) is 10.1 Å². The fourth-order valence-electron chi connectivity index (χ4n) is 2.92. The number of fused-ring (bicyclic) bond motifs is 1. The van der Waals surface area contributed by atoms with E-state index in [-0.39, 0.29) is 5.91 Å². The standard InChI is InChI=1S/C16H20N2O2S/c1-20-11-6-7-12-13(8-11)21-15(14(12)17)16(19)18-9-10-4-2-3-5-10/h6-8,10H,2-5,9,17H2,1H3,(H,18,19). The number of hydrogen-bond donors (Lipinski definition) is 2. The Kier molecular flexibility index (Phi) is 4.01. The van der Waals surface area contributed by atoms with Crippen LogP contribution >= 0.6 is 11.3 Å². The summed E-state index contributed by atoms with van der Waals surface area (Å²) in [5.74, 6) is 1.35. The quantitative estimate of drug-likeness (QED) is 0.909. The number of ether oxygens (including phenoxy) is 1. The summed E-state index contributed by atoms with van der Waals surface area (Å²) < 4.78 is 6.20. The molecule has 1 fully saturated rings. The SMILES string of the molecule is COc1ccc2c(N)c(C(=O)NCC3CCCC3)sc2c1. The summed E-state index contributed by atoms with van der Waals surface area (Å²) in [5, 5.41) is 3.95. The Bertz CT molecular complexity index is 660. The Morgan fingerprint density at radius 1 is 1.43 bits per heavy atom. The molecule has 1 saturated carbocycles. The molecule has 3 rings (SSSR count). The molecule has 0 unspecified atom stereocenters. The second-order valence-electron chi connectivity index (χ2n) is 5.57. The Labute approximate surface area is 128 Å². The molecule has 0 radical (unpaired) electrons. The van der Waals surface area contributed by atoms with Gasteiger partial charge in [-0.2, -0.15) is 0 Å².